The van der Waals surface area contributed by atoms with Crippen molar-refractivity contribution in [2.75, 3.05) is 0 Å². The fourth-order valence-corrected chi connectivity index (χ4v) is 4.37. The largest absolute Gasteiger partial charge is 0.426 e. The van der Waals surface area contributed by atoms with Gasteiger partial charge in [0, 0.05) is 0 Å². The Bertz CT molecular complexity index is 909. The van der Waals surface area contributed by atoms with Gasteiger partial charge in [-0.15, -0.1) is 0 Å². The normalized spacial score (nSPS) is 47.5. The van der Waals surface area contributed by atoms with Gasteiger partial charge in [0.05, 0.1) is 0 Å². The second-order valence-corrected chi connectivity index (χ2v) is 7.88. The summed E-state index contributed by atoms with van der Waals surface area (Å²) in [5.74, 6) is -58.6. The van der Waals surface area contributed by atoms with Gasteiger partial charge in [-0.3, -0.25) is 4.74 Å². The van der Waals surface area contributed by atoms with Gasteiger partial charge in [-0.1, -0.05) is 0 Å². The van der Waals surface area contributed by atoms with Crippen molar-refractivity contribution in [2.24, 2.45) is 0 Å². The van der Waals surface area contributed by atoms with E-state index in [0.717, 1.165) is 0 Å². The SMILES string of the molecule is OC(F)(F)C(O)(F)C(F)(F)OC1(F)C2(F)C(F)(F)C3(F)C(F)(F)C(F)(C2(F)F)C(F)(F)C1(F)C3(F)F. The summed E-state index contributed by atoms with van der Waals surface area (Å²) in [6.07, 6.45) is -15.2. The van der Waals surface area contributed by atoms with Gasteiger partial charge < -0.3 is 10.2 Å². The number of halogens is 20. The second kappa shape index (κ2) is 5.88. The molecule has 0 saturated heterocycles. The monoisotopic (exact) mass is 586 g/mol. The molecule has 212 valence electrons. The molecule has 0 radical (unpaired) electrons. The Kier molecular flexibility index (Phi) is 4.75. The van der Waals surface area contributed by atoms with Crippen LogP contribution < -0.4 is 0 Å². The molecule has 4 aliphatic rings. The minimum atomic E-state index is -8.60. The molecule has 1 atom stereocenters. The van der Waals surface area contributed by atoms with Crippen molar-refractivity contribution >= 4 is 0 Å². The predicted molar refractivity (Wildman–Crippen MR) is 63.2 cm³/mol. The van der Waals surface area contributed by atoms with Crippen LogP contribution in [0, 0.1) is 0 Å². The van der Waals surface area contributed by atoms with E-state index in [1.54, 1.807) is 0 Å². The van der Waals surface area contributed by atoms with Gasteiger partial charge in [-0.25, -0.2) is 22.0 Å². The van der Waals surface area contributed by atoms with Crippen LogP contribution in [0.1, 0.15) is 0 Å². The third-order valence-electron chi connectivity index (χ3n) is 6.27. The van der Waals surface area contributed by atoms with E-state index in [0.29, 0.717) is 0 Å². The summed E-state index contributed by atoms with van der Waals surface area (Å²) in [5.41, 5.74) is -33.8. The molecule has 0 aromatic heterocycles. The van der Waals surface area contributed by atoms with Gasteiger partial charge in [0.25, 0.3) is 0 Å². The molecule has 0 aromatic rings. The molecular weight excluding hydrogens is 584 g/mol. The van der Waals surface area contributed by atoms with Gasteiger partial charge in [-0.2, -0.15) is 65.9 Å². The molecule has 4 saturated carbocycles. The minimum absolute atomic E-state index is 1.49. The fraction of sp³-hybridized carbons (Fsp3) is 1.00. The van der Waals surface area contributed by atoms with E-state index in [2.05, 4.69) is 0 Å². The van der Waals surface area contributed by atoms with Crippen LogP contribution in [0.15, 0.2) is 0 Å². The maximum Gasteiger partial charge on any atom is 0.426 e. The zero-order chi connectivity index (χ0) is 29.2. The van der Waals surface area contributed by atoms with Crippen molar-refractivity contribution in [3.8, 4) is 0 Å². The zero-order valence-electron chi connectivity index (χ0n) is 15.4. The van der Waals surface area contributed by atoms with Crippen molar-refractivity contribution in [2.45, 2.75) is 76.2 Å². The van der Waals surface area contributed by atoms with Crippen LogP contribution in [0.2, 0.25) is 0 Å². The quantitative estimate of drug-likeness (QED) is 0.476. The Morgan fingerprint density at radius 3 is 0.861 bits per heavy atom. The van der Waals surface area contributed by atoms with Crippen molar-refractivity contribution in [3.63, 3.8) is 0 Å². The van der Waals surface area contributed by atoms with E-state index in [4.69, 9.17) is 10.2 Å². The highest BCUT2D eigenvalue weighted by Crippen LogP contribution is 2.89. The molecule has 0 aliphatic heterocycles. The van der Waals surface area contributed by atoms with Gasteiger partial charge >= 0.3 is 76.2 Å². The first kappa shape index (κ1) is 29.0. The molecule has 0 amide bonds. The molecule has 3 nitrogen and oxygen atoms in total. The second-order valence-electron chi connectivity index (χ2n) is 7.88. The molecule has 4 aliphatic carbocycles. The van der Waals surface area contributed by atoms with Crippen LogP contribution in [-0.2, 0) is 4.74 Å². The zero-order valence-corrected chi connectivity index (χ0v) is 15.4. The number of hydrogen-bond acceptors (Lipinski definition) is 3. The molecule has 23 heteroatoms. The number of hydrogen-bond donors (Lipinski definition) is 2. The van der Waals surface area contributed by atoms with E-state index in [1.165, 1.54) is 4.74 Å². The molecule has 4 rings (SSSR count). The minimum Gasteiger partial charge on any atom is -0.348 e. The number of alkyl halides is 20. The Hall–Kier alpha value is -1.52. The van der Waals surface area contributed by atoms with Crippen LogP contribution in [-0.4, -0.2) is 86.4 Å². The molecular formula is C13H2F20O3. The van der Waals surface area contributed by atoms with Gasteiger partial charge in [0.15, 0.2) is 0 Å². The topological polar surface area (TPSA) is 49.7 Å². The summed E-state index contributed by atoms with van der Waals surface area (Å²) in [6, 6.07) is 0. The Balaban J connectivity index is 2.59. The maximum atomic E-state index is 15.1. The van der Waals surface area contributed by atoms with Crippen LogP contribution >= 0.6 is 0 Å². The van der Waals surface area contributed by atoms with E-state index in [9.17, 15) is 83.4 Å². The van der Waals surface area contributed by atoms with Crippen LogP contribution in [0.3, 0.4) is 0 Å². The third-order valence-corrected chi connectivity index (χ3v) is 6.27. The molecule has 4 fully saturated rings. The van der Waals surface area contributed by atoms with Crippen LogP contribution in [0.4, 0.5) is 87.8 Å². The predicted octanol–water partition coefficient (Wildman–Crippen LogP) is 4.56. The molecule has 0 spiro atoms. The lowest BCUT2D eigenvalue weighted by molar-refractivity contribution is -0.634. The average Bonchev–Trinajstić information content (AvgIpc) is 2.65. The lowest BCUT2D eigenvalue weighted by Gasteiger charge is -2.74. The summed E-state index contributed by atoms with van der Waals surface area (Å²) >= 11 is 0. The first-order chi connectivity index (χ1) is 15.2. The Labute approximate surface area is 180 Å². The van der Waals surface area contributed by atoms with Gasteiger partial charge in [0.2, 0.25) is 0 Å². The summed E-state index contributed by atoms with van der Waals surface area (Å²) in [7, 11) is 0. The van der Waals surface area contributed by atoms with Crippen LogP contribution in [0.25, 0.3) is 0 Å². The van der Waals surface area contributed by atoms with Crippen LogP contribution in [0.5, 0.6) is 0 Å². The highest BCUT2D eigenvalue weighted by atomic mass is 19.4. The van der Waals surface area contributed by atoms with Crippen molar-refractivity contribution < 1.29 is 103 Å². The van der Waals surface area contributed by atoms with Crippen molar-refractivity contribution in [1.29, 1.82) is 0 Å². The Morgan fingerprint density at radius 1 is 0.417 bits per heavy atom. The summed E-state index contributed by atoms with van der Waals surface area (Å²) in [5, 5.41) is 16.0. The number of ether oxygens (including phenoxy) is 1. The van der Waals surface area contributed by atoms with Gasteiger partial charge in [0.1, 0.15) is 0 Å². The molecule has 2 N–H and O–H groups in total. The standard InChI is InChI=1S/C13H2F20O3/c14-1-5(18,19)2(15)8(24,25)3(16,6(1,20)21)11(29,4(17,7(1,22)23)9(2,26)27)36-13(32,33)10(28,34)12(30,31)35/h34-35H. The third kappa shape index (κ3) is 1.89. The number of rotatable bonds is 4. The summed E-state index contributed by atoms with van der Waals surface area (Å²) in [6.45, 7) is 0. The molecule has 1 unspecified atom stereocenters. The first-order valence-electron chi connectivity index (χ1n) is 8.14. The lowest BCUT2D eigenvalue weighted by Crippen LogP contribution is -3.09. The van der Waals surface area contributed by atoms with Crippen molar-refractivity contribution in [1.82, 2.24) is 0 Å². The highest BCUT2D eigenvalue weighted by Gasteiger charge is 3.23. The lowest BCUT2D eigenvalue weighted by atomic mass is 9.40. The van der Waals surface area contributed by atoms with E-state index in [1.807, 2.05) is 0 Å². The van der Waals surface area contributed by atoms with E-state index < -0.39 is 76.2 Å². The molecule has 0 aromatic carbocycles. The molecule has 36 heavy (non-hydrogen) atoms. The fourth-order valence-electron chi connectivity index (χ4n) is 4.37. The smallest absolute Gasteiger partial charge is 0.348 e. The van der Waals surface area contributed by atoms with E-state index >= 15 is 4.39 Å². The van der Waals surface area contributed by atoms with Gasteiger partial charge in [-0.05, 0) is 0 Å². The molecule has 0 heterocycles. The van der Waals surface area contributed by atoms with E-state index in [-0.39, 0.29) is 0 Å². The number of aliphatic hydroxyl groups is 2. The highest BCUT2D eigenvalue weighted by molar-refractivity contribution is 5.54. The summed E-state index contributed by atoms with van der Waals surface area (Å²) < 4.78 is 283. The van der Waals surface area contributed by atoms with Crippen molar-refractivity contribution in [3.05, 3.63) is 0 Å². The first-order valence-corrected chi connectivity index (χ1v) is 8.14. The summed E-state index contributed by atoms with van der Waals surface area (Å²) in [4.78, 5) is 0. The molecule has 4 bridgehead atoms. The Morgan fingerprint density at radius 2 is 0.639 bits per heavy atom. The maximum absolute atomic E-state index is 15.1. The average molecular weight is 586 g/mol.